The quantitative estimate of drug-likeness (QED) is 0.739. The van der Waals surface area contributed by atoms with E-state index in [2.05, 4.69) is 0 Å². The fourth-order valence-corrected chi connectivity index (χ4v) is 3.57. The molecule has 0 heterocycles. The Kier molecular flexibility index (Phi) is 4.99. The first-order chi connectivity index (χ1) is 7.34. The summed E-state index contributed by atoms with van der Waals surface area (Å²) < 4.78 is 11.9. The summed E-state index contributed by atoms with van der Waals surface area (Å²) in [4.78, 5) is 0.703. The highest BCUT2D eigenvalue weighted by Crippen LogP contribution is 2.34. The molecule has 0 fully saturated rings. The molecule has 16 heavy (non-hydrogen) atoms. The van der Waals surface area contributed by atoms with Crippen molar-refractivity contribution >= 4 is 34.4 Å². The van der Waals surface area contributed by atoms with Crippen molar-refractivity contribution in [2.24, 2.45) is 0 Å². The van der Waals surface area contributed by atoms with Crippen molar-refractivity contribution in [3.63, 3.8) is 0 Å². The Morgan fingerprint density at radius 3 is 1.81 bits per heavy atom. The average Bonchev–Trinajstić information content (AvgIpc) is 2.14. The lowest BCUT2D eigenvalue weighted by atomic mass is 10.0. The molecule has 1 nitrogen and oxygen atoms in total. The van der Waals surface area contributed by atoms with E-state index in [9.17, 15) is 4.55 Å². The molecule has 4 heteroatoms. The monoisotopic (exact) mass is 278 g/mol. The minimum atomic E-state index is -1.05. The predicted molar refractivity (Wildman–Crippen MR) is 72.1 cm³/mol. The highest BCUT2D eigenvalue weighted by Gasteiger charge is 2.20. The molecule has 0 N–H and O–H groups in total. The summed E-state index contributed by atoms with van der Waals surface area (Å²) in [5.74, 6) is 0.265. The van der Waals surface area contributed by atoms with E-state index < -0.39 is 11.2 Å². The average molecular weight is 279 g/mol. The van der Waals surface area contributed by atoms with Crippen molar-refractivity contribution in [1.29, 1.82) is 0 Å². The lowest BCUT2D eigenvalue weighted by Gasteiger charge is -2.17. The first-order valence-corrected chi connectivity index (χ1v) is 7.21. The number of hydrogen-bond acceptors (Lipinski definition) is 1. The zero-order chi connectivity index (χ0) is 12.5. The minimum absolute atomic E-state index is 0.0667. The zero-order valence-corrected chi connectivity index (χ0v) is 12.2. The summed E-state index contributed by atoms with van der Waals surface area (Å²) in [5.41, 5.74) is 0.924. The van der Waals surface area contributed by atoms with Crippen LogP contribution in [-0.4, -0.2) is 9.80 Å². The van der Waals surface area contributed by atoms with Crippen LogP contribution < -0.4 is 0 Å². The Hall–Kier alpha value is 0.110. The van der Waals surface area contributed by atoms with Crippen LogP contribution in [0.3, 0.4) is 0 Å². The largest absolute Gasteiger partial charge is 0.611 e. The summed E-state index contributed by atoms with van der Waals surface area (Å²) in [6.07, 6.45) is 0. The summed E-state index contributed by atoms with van der Waals surface area (Å²) in [7, 11) is 0. The number of hydrogen-bond donors (Lipinski definition) is 0. The van der Waals surface area contributed by atoms with Gasteiger partial charge in [-0.15, -0.1) is 0 Å². The van der Waals surface area contributed by atoms with Gasteiger partial charge in [0, 0.05) is 12.1 Å². The molecule has 1 unspecified atom stereocenters. The normalized spacial score (nSPS) is 13.6. The van der Waals surface area contributed by atoms with Crippen molar-refractivity contribution in [2.45, 2.75) is 43.8 Å². The Bertz CT molecular complexity index is 354. The van der Waals surface area contributed by atoms with Gasteiger partial charge < -0.3 is 4.55 Å². The standard InChI is InChI=1S/C12H16Cl2OS/c1-7(2)12-10(13)5-9(6-11(12)14)16(15)8(3)4/h5-8H,1-4H3. The fourth-order valence-electron chi connectivity index (χ4n) is 1.50. The third kappa shape index (κ3) is 3.07. The maximum atomic E-state index is 11.9. The third-order valence-corrected chi connectivity index (χ3v) is 4.47. The van der Waals surface area contributed by atoms with Crippen molar-refractivity contribution in [3.05, 3.63) is 27.7 Å². The number of halogens is 2. The van der Waals surface area contributed by atoms with E-state index in [0.717, 1.165) is 5.56 Å². The van der Waals surface area contributed by atoms with Gasteiger partial charge in [0.15, 0.2) is 4.90 Å². The molecule has 0 amide bonds. The van der Waals surface area contributed by atoms with Gasteiger partial charge >= 0.3 is 0 Å². The molecule has 0 aliphatic carbocycles. The molecule has 1 atom stereocenters. The van der Waals surface area contributed by atoms with Gasteiger partial charge in [-0.1, -0.05) is 37.0 Å². The molecule has 1 aromatic rings. The highest BCUT2D eigenvalue weighted by molar-refractivity contribution is 7.92. The maximum Gasteiger partial charge on any atom is 0.155 e. The first kappa shape index (κ1) is 14.2. The molecule has 0 aliphatic rings. The molecular formula is C12H16Cl2OS. The van der Waals surface area contributed by atoms with Crippen molar-refractivity contribution in [1.82, 2.24) is 0 Å². The van der Waals surface area contributed by atoms with Crippen LogP contribution in [0.2, 0.25) is 10.0 Å². The Balaban J connectivity index is 3.19. The number of benzene rings is 1. The Morgan fingerprint density at radius 2 is 1.50 bits per heavy atom. The van der Waals surface area contributed by atoms with E-state index in [1.54, 1.807) is 12.1 Å². The first-order valence-electron chi connectivity index (χ1n) is 5.24. The summed E-state index contributed by atoms with van der Waals surface area (Å²) >= 11 is 11.3. The maximum absolute atomic E-state index is 11.9. The van der Waals surface area contributed by atoms with Gasteiger partial charge in [-0.2, -0.15) is 0 Å². The zero-order valence-electron chi connectivity index (χ0n) is 9.88. The molecule has 1 rings (SSSR count). The van der Waals surface area contributed by atoms with E-state index in [1.807, 2.05) is 27.7 Å². The predicted octanol–water partition coefficient (Wildman–Crippen LogP) is 4.63. The number of rotatable bonds is 3. The Morgan fingerprint density at radius 1 is 1.06 bits per heavy atom. The van der Waals surface area contributed by atoms with E-state index in [1.165, 1.54) is 0 Å². The van der Waals surface area contributed by atoms with Crippen LogP contribution in [0.15, 0.2) is 17.0 Å². The lowest BCUT2D eigenvalue weighted by molar-refractivity contribution is 0.586. The molecule has 0 radical (unpaired) electrons. The molecule has 0 aliphatic heterocycles. The van der Waals surface area contributed by atoms with Gasteiger partial charge in [0.2, 0.25) is 0 Å². The van der Waals surface area contributed by atoms with Crippen molar-refractivity contribution in [2.75, 3.05) is 0 Å². The Labute approximate surface area is 110 Å². The van der Waals surface area contributed by atoms with Gasteiger partial charge in [-0.3, -0.25) is 0 Å². The van der Waals surface area contributed by atoms with Crippen molar-refractivity contribution in [3.8, 4) is 0 Å². The minimum Gasteiger partial charge on any atom is -0.611 e. The summed E-state index contributed by atoms with van der Waals surface area (Å²) in [5, 5.41) is 1.27. The SMILES string of the molecule is CC(C)c1c(Cl)cc([S+]([O-])C(C)C)cc1Cl. The van der Waals surface area contributed by atoms with Crippen LogP contribution in [0.1, 0.15) is 39.2 Å². The van der Waals surface area contributed by atoms with Crippen LogP contribution in [0.25, 0.3) is 0 Å². The van der Waals surface area contributed by atoms with Crippen LogP contribution >= 0.6 is 23.2 Å². The fraction of sp³-hybridized carbons (Fsp3) is 0.500. The molecule has 0 aromatic heterocycles. The van der Waals surface area contributed by atoms with Crippen LogP contribution in [-0.2, 0) is 11.2 Å². The molecule has 90 valence electrons. The van der Waals surface area contributed by atoms with Gasteiger partial charge in [0.05, 0.1) is 10.0 Å². The lowest BCUT2D eigenvalue weighted by Crippen LogP contribution is -2.14. The third-order valence-electron chi connectivity index (χ3n) is 2.29. The molecule has 0 bridgehead atoms. The van der Waals surface area contributed by atoms with E-state index in [-0.39, 0.29) is 11.2 Å². The van der Waals surface area contributed by atoms with Gasteiger partial charge in [0.25, 0.3) is 0 Å². The summed E-state index contributed by atoms with van der Waals surface area (Å²) in [6, 6.07) is 3.53. The molecule has 0 spiro atoms. The van der Waals surface area contributed by atoms with Crippen LogP contribution in [0.5, 0.6) is 0 Å². The molecule has 0 saturated heterocycles. The van der Waals surface area contributed by atoms with Crippen molar-refractivity contribution < 1.29 is 4.55 Å². The topological polar surface area (TPSA) is 23.1 Å². The molecule has 1 aromatic carbocycles. The summed E-state index contributed by atoms with van der Waals surface area (Å²) in [6.45, 7) is 7.89. The van der Waals surface area contributed by atoms with Crippen LogP contribution in [0, 0.1) is 0 Å². The second kappa shape index (κ2) is 5.63. The highest BCUT2D eigenvalue weighted by atomic mass is 35.5. The second-order valence-electron chi connectivity index (χ2n) is 4.30. The van der Waals surface area contributed by atoms with E-state index in [4.69, 9.17) is 23.2 Å². The molecular weight excluding hydrogens is 263 g/mol. The van der Waals surface area contributed by atoms with E-state index >= 15 is 0 Å². The van der Waals surface area contributed by atoms with Gasteiger partial charge in [0.1, 0.15) is 5.25 Å². The molecule has 0 saturated carbocycles. The van der Waals surface area contributed by atoms with E-state index in [0.29, 0.717) is 14.9 Å². The van der Waals surface area contributed by atoms with Gasteiger partial charge in [-0.05, 0) is 36.5 Å². The van der Waals surface area contributed by atoms with Gasteiger partial charge in [-0.25, -0.2) is 0 Å². The second-order valence-corrected chi connectivity index (χ2v) is 7.12. The van der Waals surface area contributed by atoms with Crippen LogP contribution in [0.4, 0.5) is 0 Å². The smallest absolute Gasteiger partial charge is 0.155 e.